The molecule has 0 saturated heterocycles. The molecule has 2 aliphatic carbocycles. The number of imidazole rings is 1. The lowest BCUT2D eigenvalue weighted by Gasteiger charge is -2.28. The maximum atomic E-state index is 13.8. The Bertz CT molecular complexity index is 1410. The van der Waals surface area contributed by atoms with E-state index in [0.717, 1.165) is 23.7 Å². The Morgan fingerprint density at radius 2 is 2.03 bits per heavy atom. The van der Waals surface area contributed by atoms with Gasteiger partial charge in [-0.3, -0.25) is 9.32 Å². The molecule has 0 bridgehead atoms. The molecule has 0 amide bonds. The first-order valence-electron chi connectivity index (χ1n) is 12.6. The highest BCUT2D eigenvalue weighted by atomic mass is 79.9. The van der Waals surface area contributed by atoms with E-state index in [1.54, 1.807) is 37.5 Å². The van der Waals surface area contributed by atoms with Gasteiger partial charge in [-0.2, -0.15) is 15.1 Å². The van der Waals surface area contributed by atoms with E-state index in [0.29, 0.717) is 29.2 Å². The molecule has 0 spiro atoms. The normalized spacial score (nSPS) is 21.3. The van der Waals surface area contributed by atoms with Crippen LogP contribution < -0.4 is 20.1 Å². The number of hydrogen-bond donors (Lipinski definition) is 2. The van der Waals surface area contributed by atoms with E-state index in [4.69, 9.17) is 24.3 Å². The van der Waals surface area contributed by atoms with Gasteiger partial charge in [0, 0.05) is 10.4 Å². The molecule has 4 atom stereocenters. The summed E-state index contributed by atoms with van der Waals surface area (Å²) in [4.78, 5) is 25.4. The number of fused-ring (bicyclic) bond motifs is 1. The number of benzene rings is 1. The van der Waals surface area contributed by atoms with Crippen molar-refractivity contribution in [2.45, 2.75) is 50.8 Å². The Hall–Kier alpha value is -2.99. The molecule has 1 saturated carbocycles. The Kier molecular flexibility index (Phi) is 8.22. The number of ether oxygens (including phenoxy) is 2. The highest BCUT2D eigenvalue weighted by Gasteiger charge is 2.35. The van der Waals surface area contributed by atoms with Crippen molar-refractivity contribution in [3.05, 3.63) is 47.2 Å². The Morgan fingerprint density at radius 1 is 1.26 bits per heavy atom. The monoisotopic (exact) mass is 620 g/mol. The maximum absolute atomic E-state index is 13.8. The summed E-state index contributed by atoms with van der Waals surface area (Å²) in [5.41, 5.74) is 6.92. The number of allylic oxidation sites excluding steroid dienone is 1. The van der Waals surface area contributed by atoms with Crippen molar-refractivity contribution in [3.63, 3.8) is 0 Å². The van der Waals surface area contributed by atoms with E-state index in [1.807, 2.05) is 16.7 Å². The largest absolute Gasteiger partial charge is 0.479 e. The molecule has 5 rings (SSSR count). The van der Waals surface area contributed by atoms with Crippen LogP contribution in [0.25, 0.3) is 11.2 Å². The summed E-state index contributed by atoms with van der Waals surface area (Å²) in [6.07, 6.45) is 8.92. The summed E-state index contributed by atoms with van der Waals surface area (Å²) in [6.45, 7) is 1.67. The van der Waals surface area contributed by atoms with Crippen molar-refractivity contribution < 1.29 is 27.9 Å². The average molecular weight is 621 g/mol. The second-order valence-electron chi connectivity index (χ2n) is 9.54. The molecular formula is C25H30BrN6O6P. The lowest BCUT2D eigenvalue weighted by atomic mass is 9.96. The first-order valence-corrected chi connectivity index (χ1v) is 15.0. The van der Waals surface area contributed by atoms with Gasteiger partial charge < -0.3 is 24.3 Å². The number of rotatable bonds is 11. The van der Waals surface area contributed by atoms with Crippen LogP contribution in [0.1, 0.15) is 38.6 Å². The number of hydrogen-bond acceptors (Lipinski definition) is 10. The molecule has 3 aromatic rings. The highest BCUT2D eigenvalue weighted by molar-refractivity contribution is 9.10. The first kappa shape index (κ1) is 27.6. The first-order chi connectivity index (χ1) is 18.7. The summed E-state index contributed by atoms with van der Waals surface area (Å²) in [5.74, 6) is 0.150. The Morgan fingerprint density at radius 3 is 2.72 bits per heavy atom. The molecule has 1 unspecified atom stereocenters. The van der Waals surface area contributed by atoms with Gasteiger partial charge in [-0.15, -0.1) is 0 Å². The lowest BCUT2D eigenvalue weighted by Crippen LogP contribution is -2.38. The van der Waals surface area contributed by atoms with Crippen LogP contribution in [0.2, 0.25) is 0 Å². The fraction of sp³-hybridized carbons (Fsp3) is 0.440. The second-order valence-corrected chi connectivity index (χ2v) is 12.2. The third kappa shape index (κ3) is 6.43. The van der Waals surface area contributed by atoms with Crippen LogP contribution in [0.15, 0.2) is 47.2 Å². The van der Waals surface area contributed by atoms with Gasteiger partial charge in [0.2, 0.25) is 11.8 Å². The number of nitrogens with two attached hydrogens (primary N) is 1. The third-order valence-corrected chi connectivity index (χ3v) is 8.82. The molecule has 0 radical (unpaired) electrons. The van der Waals surface area contributed by atoms with Crippen molar-refractivity contribution in [1.29, 1.82) is 0 Å². The number of aromatic nitrogens is 4. The summed E-state index contributed by atoms with van der Waals surface area (Å²) in [6, 6.07) is 5.88. The highest BCUT2D eigenvalue weighted by Crippen LogP contribution is 2.46. The number of nitrogen functional groups attached to an aromatic ring is 1. The van der Waals surface area contributed by atoms with Gasteiger partial charge in [-0.1, -0.05) is 28.1 Å². The van der Waals surface area contributed by atoms with Gasteiger partial charge in [0.25, 0.3) is 0 Å². The van der Waals surface area contributed by atoms with Crippen LogP contribution >= 0.6 is 23.7 Å². The van der Waals surface area contributed by atoms with Crippen LogP contribution in [0, 0.1) is 5.92 Å². The topological polar surface area (TPSA) is 153 Å². The number of nitrogens with zero attached hydrogens (tertiary/aromatic N) is 4. The molecule has 14 heteroatoms. The van der Waals surface area contributed by atoms with E-state index < -0.39 is 19.8 Å². The van der Waals surface area contributed by atoms with Crippen LogP contribution in [0.4, 0.5) is 5.95 Å². The molecule has 2 aliphatic rings. The van der Waals surface area contributed by atoms with Gasteiger partial charge in [-0.25, -0.2) is 9.55 Å². The minimum absolute atomic E-state index is 0.0845. The van der Waals surface area contributed by atoms with Crippen LogP contribution in [0.3, 0.4) is 0 Å². The molecule has 0 aliphatic heterocycles. The summed E-state index contributed by atoms with van der Waals surface area (Å²) >= 11 is 3.38. The predicted molar refractivity (Wildman–Crippen MR) is 147 cm³/mol. The molecule has 208 valence electrons. The standard InChI is InChI=1S/C25H30BrN6O6P/c1-15(24(33)37-19-4-3-5-19)31-39(34,38-20-10-7-17(26)8-11-20)36-13-16-6-9-18(12-16)32-14-28-21-22(32)29-25(27)30-23(21)35-2/h6-11,14-16,18-19H,3-5,12-13H2,1-2H3,(H,31,34)(H2,27,29,30)/t15-,16+,18-,39?/m0/s1. The van der Waals surface area contributed by atoms with Crippen LogP contribution in [-0.4, -0.2) is 51.4 Å². The van der Waals surface area contributed by atoms with E-state index in [-0.39, 0.29) is 30.6 Å². The van der Waals surface area contributed by atoms with Crippen molar-refractivity contribution in [3.8, 4) is 11.6 Å². The van der Waals surface area contributed by atoms with Gasteiger partial charge in [-0.05, 0) is 56.9 Å². The van der Waals surface area contributed by atoms with E-state index in [2.05, 4.69) is 36.0 Å². The summed E-state index contributed by atoms with van der Waals surface area (Å²) < 4.78 is 39.0. The van der Waals surface area contributed by atoms with Crippen LogP contribution in [0.5, 0.6) is 11.6 Å². The van der Waals surface area contributed by atoms with E-state index in [1.165, 1.54) is 7.11 Å². The fourth-order valence-electron chi connectivity index (χ4n) is 4.34. The zero-order valence-electron chi connectivity index (χ0n) is 21.5. The number of halogens is 1. The molecule has 1 aromatic carbocycles. The van der Waals surface area contributed by atoms with Crippen LogP contribution in [-0.2, 0) is 18.6 Å². The van der Waals surface area contributed by atoms with Gasteiger partial charge >= 0.3 is 13.7 Å². The van der Waals surface area contributed by atoms with Gasteiger partial charge in [0.15, 0.2) is 11.2 Å². The molecule has 12 nitrogen and oxygen atoms in total. The SMILES string of the molecule is COc1nc(N)nc2c1ncn2[C@H]1C=C[C@@H](COP(=O)(N[C@@H](C)C(=O)OC2CCC2)Oc2ccc(Br)cc2)C1. The number of methoxy groups -OCH3 is 1. The third-order valence-electron chi connectivity index (χ3n) is 6.65. The average Bonchev–Trinajstić information content (AvgIpc) is 3.52. The number of anilines is 1. The summed E-state index contributed by atoms with van der Waals surface area (Å²) in [7, 11) is -2.46. The summed E-state index contributed by atoms with van der Waals surface area (Å²) in [5, 5.41) is 2.76. The van der Waals surface area contributed by atoms with Crippen molar-refractivity contribution >= 4 is 46.8 Å². The predicted octanol–water partition coefficient (Wildman–Crippen LogP) is 4.57. The maximum Gasteiger partial charge on any atom is 0.459 e. The molecule has 1 fully saturated rings. The number of carbonyl (C=O) groups excluding carboxylic acids is 1. The van der Waals surface area contributed by atoms with E-state index >= 15 is 0 Å². The number of carbonyl (C=O) groups is 1. The molecular weight excluding hydrogens is 591 g/mol. The molecule has 3 N–H and O–H groups in total. The van der Waals surface area contributed by atoms with Gasteiger partial charge in [0.1, 0.15) is 17.9 Å². The Labute approximate surface area is 234 Å². The molecule has 39 heavy (non-hydrogen) atoms. The van der Waals surface area contributed by atoms with Crippen molar-refractivity contribution in [1.82, 2.24) is 24.6 Å². The molecule has 2 heterocycles. The number of nitrogens with one attached hydrogen (secondary N) is 1. The van der Waals surface area contributed by atoms with Gasteiger partial charge in [0.05, 0.1) is 26.1 Å². The zero-order valence-corrected chi connectivity index (χ0v) is 24.0. The van der Waals surface area contributed by atoms with E-state index in [9.17, 15) is 9.36 Å². The fourth-order valence-corrected chi connectivity index (χ4v) is 6.15. The minimum atomic E-state index is -3.96. The quantitative estimate of drug-likeness (QED) is 0.176. The molecule has 2 aromatic heterocycles. The smallest absolute Gasteiger partial charge is 0.459 e. The minimum Gasteiger partial charge on any atom is -0.479 e. The zero-order chi connectivity index (χ0) is 27.6. The second kappa shape index (κ2) is 11.6. The van der Waals surface area contributed by atoms with Crippen molar-refractivity contribution in [2.24, 2.45) is 5.92 Å². The number of esters is 1. The Balaban J connectivity index is 1.26. The van der Waals surface area contributed by atoms with Crippen molar-refractivity contribution in [2.75, 3.05) is 19.5 Å². The lowest BCUT2D eigenvalue weighted by molar-refractivity contribution is -0.154.